The van der Waals surface area contributed by atoms with Crippen molar-refractivity contribution in [1.29, 1.82) is 0 Å². The van der Waals surface area contributed by atoms with E-state index in [0.29, 0.717) is 5.69 Å². The summed E-state index contributed by atoms with van der Waals surface area (Å²) in [5, 5.41) is 16.5. The lowest BCUT2D eigenvalue weighted by atomic mass is 10.1. The SMILES string of the molecule is NC(=O)CC(NC(=O)C(Cc1cnc[nH]1)NC(=O)C(CS)NC(=O)C(N)Cc1ccccc1)C(=O)O. The molecule has 0 spiro atoms. The summed E-state index contributed by atoms with van der Waals surface area (Å²) >= 11 is 4.12. The summed E-state index contributed by atoms with van der Waals surface area (Å²) in [5.41, 5.74) is 12.3. The van der Waals surface area contributed by atoms with Crippen LogP contribution in [0.3, 0.4) is 0 Å². The third kappa shape index (κ3) is 9.03. The molecule has 0 aliphatic carbocycles. The van der Waals surface area contributed by atoms with Crippen LogP contribution in [0, 0.1) is 0 Å². The van der Waals surface area contributed by atoms with Gasteiger partial charge in [-0.15, -0.1) is 0 Å². The molecule has 194 valence electrons. The van der Waals surface area contributed by atoms with Gasteiger partial charge in [-0.05, 0) is 12.0 Å². The number of thiol groups is 1. The highest BCUT2D eigenvalue weighted by molar-refractivity contribution is 7.80. The number of H-pyrrole nitrogens is 1. The van der Waals surface area contributed by atoms with E-state index in [0.717, 1.165) is 5.56 Å². The number of aromatic amines is 1. The molecular formula is C22H29N7O6S. The van der Waals surface area contributed by atoms with Gasteiger partial charge >= 0.3 is 5.97 Å². The van der Waals surface area contributed by atoms with E-state index in [9.17, 15) is 29.1 Å². The summed E-state index contributed by atoms with van der Waals surface area (Å²) in [4.78, 5) is 67.5. The van der Waals surface area contributed by atoms with Gasteiger partial charge in [0.05, 0.1) is 18.8 Å². The molecule has 4 amide bonds. The molecule has 0 saturated carbocycles. The second-order valence-corrected chi connectivity index (χ2v) is 8.32. The van der Waals surface area contributed by atoms with E-state index in [-0.39, 0.29) is 18.6 Å². The highest BCUT2D eigenvalue weighted by Gasteiger charge is 2.31. The number of carboxylic acid groups (broad SMARTS) is 1. The van der Waals surface area contributed by atoms with Crippen molar-refractivity contribution < 1.29 is 29.1 Å². The minimum atomic E-state index is -1.59. The number of primary amides is 1. The summed E-state index contributed by atoms with van der Waals surface area (Å²) < 4.78 is 0. The molecule has 1 heterocycles. The van der Waals surface area contributed by atoms with Crippen LogP contribution < -0.4 is 27.4 Å². The maximum Gasteiger partial charge on any atom is 0.326 e. The van der Waals surface area contributed by atoms with Crippen LogP contribution >= 0.6 is 12.6 Å². The molecule has 36 heavy (non-hydrogen) atoms. The Morgan fingerprint density at radius 3 is 2.11 bits per heavy atom. The lowest BCUT2D eigenvalue weighted by Gasteiger charge is -2.24. The first-order valence-electron chi connectivity index (χ1n) is 10.9. The minimum Gasteiger partial charge on any atom is -0.480 e. The highest BCUT2D eigenvalue weighted by Crippen LogP contribution is 2.05. The lowest BCUT2D eigenvalue weighted by molar-refractivity contribution is -0.143. The Balaban J connectivity index is 2.09. The third-order valence-electron chi connectivity index (χ3n) is 5.08. The monoisotopic (exact) mass is 519 g/mol. The number of carbonyl (C=O) groups excluding carboxylic acids is 4. The number of carbonyl (C=O) groups is 5. The lowest BCUT2D eigenvalue weighted by Crippen LogP contribution is -2.58. The van der Waals surface area contributed by atoms with E-state index in [4.69, 9.17) is 11.5 Å². The van der Waals surface area contributed by atoms with Crippen molar-refractivity contribution in [2.75, 3.05) is 5.75 Å². The van der Waals surface area contributed by atoms with Crippen molar-refractivity contribution in [3.63, 3.8) is 0 Å². The van der Waals surface area contributed by atoms with Crippen molar-refractivity contribution in [3.8, 4) is 0 Å². The molecule has 4 atom stereocenters. The molecule has 1 aromatic heterocycles. The van der Waals surface area contributed by atoms with E-state index >= 15 is 0 Å². The van der Waals surface area contributed by atoms with Gasteiger partial charge in [-0.2, -0.15) is 12.6 Å². The molecule has 2 aromatic rings. The fraction of sp³-hybridized carbons (Fsp3) is 0.364. The normalized spacial score (nSPS) is 14.1. The van der Waals surface area contributed by atoms with Gasteiger partial charge in [0.25, 0.3) is 0 Å². The van der Waals surface area contributed by atoms with E-state index in [1.807, 2.05) is 30.3 Å². The van der Waals surface area contributed by atoms with E-state index in [1.54, 1.807) is 0 Å². The van der Waals surface area contributed by atoms with Crippen LogP contribution in [0.15, 0.2) is 42.9 Å². The number of aromatic nitrogens is 2. The van der Waals surface area contributed by atoms with Gasteiger partial charge in [-0.1, -0.05) is 30.3 Å². The maximum atomic E-state index is 12.9. The smallest absolute Gasteiger partial charge is 0.326 e. The van der Waals surface area contributed by atoms with Gasteiger partial charge in [-0.25, -0.2) is 9.78 Å². The van der Waals surface area contributed by atoms with Gasteiger partial charge in [0.1, 0.15) is 18.1 Å². The van der Waals surface area contributed by atoms with Crippen LogP contribution in [-0.4, -0.2) is 74.6 Å². The molecule has 2 rings (SSSR count). The highest BCUT2D eigenvalue weighted by atomic mass is 32.1. The number of carboxylic acids is 1. The second kappa shape index (κ2) is 13.8. The van der Waals surface area contributed by atoms with Crippen molar-refractivity contribution in [2.45, 2.75) is 43.4 Å². The largest absolute Gasteiger partial charge is 0.480 e. The molecule has 4 unspecified atom stereocenters. The van der Waals surface area contributed by atoms with E-state index < -0.39 is 60.2 Å². The molecule has 1 aromatic carbocycles. The van der Waals surface area contributed by atoms with Gasteiger partial charge in [0, 0.05) is 24.1 Å². The van der Waals surface area contributed by atoms with Crippen LogP contribution in [0.2, 0.25) is 0 Å². The molecule has 0 bridgehead atoms. The third-order valence-corrected chi connectivity index (χ3v) is 5.45. The summed E-state index contributed by atoms with van der Waals surface area (Å²) in [7, 11) is 0. The summed E-state index contributed by atoms with van der Waals surface area (Å²) in [6, 6.07) is 4.16. The predicted octanol–water partition coefficient (Wildman–Crippen LogP) is -2.13. The number of aliphatic carboxylic acids is 1. The van der Waals surface area contributed by atoms with Crippen molar-refractivity contribution in [2.24, 2.45) is 11.5 Å². The number of rotatable bonds is 14. The minimum absolute atomic E-state index is 0.0821. The first-order chi connectivity index (χ1) is 17.1. The Labute approximate surface area is 212 Å². The first-order valence-corrected chi connectivity index (χ1v) is 11.5. The number of amides is 4. The van der Waals surface area contributed by atoms with E-state index in [2.05, 4.69) is 38.5 Å². The average molecular weight is 520 g/mol. The van der Waals surface area contributed by atoms with Crippen LogP contribution in [0.25, 0.3) is 0 Å². The first kappa shape index (κ1) is 28.3. The molecule has 0 aliphatic rings. The van der Waals surface area contributed by atoms with Gasteiger partial charge in [-0.3, -0.25) is 19.2 Å². The second-order valence-electron chi connectivity index (χ2n) is 7.95. The Hall–Kier alpha value is -3.91. The molecule has 14 heteroatoms. The number of nitrogens with one attached hydrogen (secondary N) is 4. The van der Waals surface area contributed by atoms with Gasteiger partial charge in [0.2, 0.25) is 23.6 Å². The number of hydrogen-bond acceptors (Lipinski definition) is 8. The van der Waals surface area contributed by atoms with Crippen LogP contribution in [0.5, 0.6) is 0 Å². The van der Waals surface area contributed by atoms with Crippen molar-refractivity contribution >= 4 is 42.2 Å². The summed E-state index contributed by atoms with van der Waals surface area (Å²) in [6.45, 7) is 0. The van der Waals surface area contributed by atoms with E-state index in [1.165, 1.54) is 12.5 Å². The summed E-state index contributed by atoms with van der Waals surface area (Å²) in [5.74, 6) is -4.71. The Kier molecular flexibility index (Phi) is 10.9. The fourth-order valence-corrected chi connectivity index (χ4v) is 3.46. The molecular weight excluding hydrogens is 490 g/mol. The Morgan fingerprint density at radius 1 is 0.944 bits per heavy atom. The number of nitrogens with two attached hydrogens (primary N) is 2. The molecule has 0 fully saturated rings. The van der Waals surface area contributed by atoms with Crippen LogP contribution in [0.4, 0.5) is 0 Å². The number of nitrogens with zero attached hydrogens (tertiary/aromatic N) is 1. The zero-order valence-electron chi connectivity index (χ0n) is 19.2. The zero-order chi connectivity index (χ0) is 26.7. The maximum absolute atomic E-state index is 12.9. The predicted molar refractivity (Wildman–Crippen MR) is 132 cm³/mol. The molecule has 9 N–H and O–H groups in total. The quantitative estimate of drug-likeness (QED) is 0.128. The number of hydrogen-bond donors (Lipinski definition) is 8. The topological polar surface area (TPSA) is 222 Å². The van der Waals surface area contributed by atoms with Crippen LogP contribution in [-0.2, 0) is 36.8 Å². The standard InChI is InChI=1S/C22H29N7O6S/c23-14(6-12-4-2-1-3-5-12)19(31)29-17(10-36)21(33)27-15(7-13-9-25-11-26-13)20(32)28-16(22(34)35)8-18(24)30/h1-5,9,11,14-17,36H,6-8,10,23H2,(H2,24,30)(H,25,26)(H,27,33)(H,28,32)(H,29,31)(H,34,35). The molecule has 0 saturated heterocycles. The van der Waals surface area contributed by atoms with Crippen LogP contribution in [0.1, 0.15) is 17.7 Å². The van der Waals surface area contributed by atoms with Gasteiger partial charge < -0.3 is 37.5 Å². The average Bonchev–Trinajstić information content (AvgIpc) is 3.34. The van der Waals surface area contributed by atoms with Crippen molar-refractivity contribution in [3.05, 3.63) is 54.1 Å². The Bertz CT molecular complexity index is 1050. The van der Waals surface area contributed by atoms with Crippen molar-refractivity contribution in [1.82, 2.24) is 25.9 Å². The number of imidazole rings is 1. The fourth-order valence-electron chi connectivity index (χ4n) is 3.20. The van der Waals surface area contributed by atoms with Gasteiger partial charge in [0.15, 0.2) is 0 Å². The Morgan fingerprint density at radius 2 is 1.56 bits per heavy atom. The molecule has 0 radical (unpaired) electrons. The molecule has 0 aliphatic heterocycles. The number of benzene rings is 1. The zero-order valence-corrected chi connectivity index (χ0v) is 20.1. The molecule has 13 nitrogen and oxygen atoms in total. The summed E-state index contributed by atoms with van der Waals surface area (Å²) in [6.07, 6.45) is 2.31.